The van der Waals surface area contributed by atoms with Crippen molar-refractivity contribution in [2.45, 2.75) is 13.8 Å². The van der Waals surface area contributed by atoms with Crippen LogP contribution in [0.4, 0.5) is 5.69 Å². The van der Waals surface area contributed by atoms with Crippen LogP contribution in [-0.2, 0) is 0 Å². The Kier molecular flexibility index (Phi) is 4.58. The molecule has 1 heterocycles. The first-order chi connectivity index (χ1) is 9.24. The maximum atomic E-state index is 5.87. The lowest BCUT2D eigenvalue weighted by Gasteiger charge is -2.18. The second-order valence-electron chi connectivity index (χ2n) is 4.46. The number of fused-ring (bicyclic) bond motifs is 1. The van der Waals surface area contributed by atoms with Crippen molar-refractivity contribution >= 4 is 16.6 Å². The molecule has 2 N–H and O–H groups in total. The standard InChI is InChI=1S/C15H21N3O/c1-3-18(4-2)9-10-19-15-7-8-17-14-11-12(16)5-6-13(14)15/h5-8,11H,3-4,9-10,16H2,1-2H3. The molecule has 4 nitrogen and oxygen atoms in total. The number of hydrogen-bond acceptors (Lipinski definition) is 4. The second kappa shape index (κ2) is 6.38. The summed E-state index contributed by atoms with van der Waals surface area (Å²) in [6.07, 6.45) is 1.76. The van der Waals surface area contributed by atoms with E-state index in [9.17, 15) is 0 Å². The molecule has 1 aromatic heterocycles. The van der Waals surface area contributed by atoms with Crippen LogP contribution in [-0.4, -0.2) is 36.1 Å². The molecule has 2 aromatic rings. The lowest BCUT2D eigenvalue weighted by atomic mass is 10.2. The lowest BCUT2D eigenvalue weighted by molar-refractivity contribution is 0.224. The van der Waals surface area contributed by atoms with Gasteiger partial charge in [0.15, 0.2) is 0 Å². The van der Waals surface area contributed by atoms with E-state index in [4.69, 9.17) is 10.5 Å². The Hall–Kier alpha value is -1.81. The number of nitrogens with two attached hydrogens (primary N) is 1. The van der Waals surface area contributed by atoms with Crippen molar-refractivity contribution < 1.29 is 4.74 Å². The largest absolute Gasteiger partial charge is 0.491 e. The molecule has 0 spiro atoms. The van der Waals surface area contributed by atoms with Gasteiger partial charge in [0.05, 0.1) is 5.52 Å². The summed E-state index contributed by atoms with van der Waals surface area (Å²) in [5.41, 5.74) is 7.36. The fraction of sp³-hybridized carbons (Fsp3) is 0.400. The summed E-state index contributed by atoms with van der Waals surface area (Å²) in [4.78, 5) is 6.64. The van der Waals surface area contributed by atoms with Crippen molar-refractivity contribution in [3.63, 3.8) is 0 Å². The highest BCUT2D eigenvalue weighted by Crippen LogP contribution is 2.25. The quantitative estimate of drug-likeness (QED) is 0.810. The molecule has 0 aliphatic heterocycles. The highest BCUT2D eigenvalue weighted by Gasteiger charge is 2.04. The fourth-order valence-electron chi connectivity index (χ4n) is 2.09. The van der Waals surface area contributed by atoms with Gasteiger partial charge in [-0.15, -0.1) is 0 Å². The van der Waals surface area contributed by atoms with Gasteiger partial charge in [0.2, 0.25) is 0 Å². The normalized spacial score (nSPS) is 11.1. The zero-order chi connectivity index (χ0) is 13.7. The first kappa shape index (κ1) is 13.6. The van der Waals surface area contributed by atoms with E-state index in [1.807, 2.05) is 24.3 Å². The van der Waals surface area contributed by atoms with Gasteiger partial charge < -0.3 is 15.4 Å². The Balaban J connectivity index is 2.08. The molecule has 102 valence electrons. The minimum Gasteiger partial charge on any atom is -0.491 e. The number of benzene rings is 1. The maximum absolute atomic E-state index is 5.87. The van der Waals surface area contributed by atoms with Crippen LogP contribution in [0.25, 0.3) is 10.9 Å². The molecule has 0 saturated carbocycles. The van der Waals surface area contributed by atoms with Gasteiger partial charge in [-0.05, 0) is 37.4 Å². The molecule has 1 aromatic carbocycles. The zero-order valence-corrected chi connectivity index (χ0v) is 11.6. The Labute approximate surface area is 114 Å². The number of pyridine rings is 1. The van der Waals surface area contributed by atoms with Crippen molar-refractivity contribution in [3.05, 3.63) is 30.5 Å². The summed E-state index contributed by atoms with van der Waals surface area (Å²) >= 11 is 0. The molecule has 4 heteroatoms. The smallest absolute Gasteiger partial charge is 0.130 e. The molecule has 0 fully saturated rings. The van der Waals surface area contributed by atoms with Crippen LogP contribution in [0.15, 0.2) is 30.5 Å². The van der Waals surface area contributed by atoms with Crippen LogP contribution in [0.5, 0.6) is 5.75 Å². The Morgan fingerprint density at radius 1 is 1.21 bits per heavy atom. The van der Waals surface area contributed by atoms with Gasteiger partial charge in [0, 0.05) is 23.8 Å². The lowest BCUT2D eigenvalue weighted by Crippen LogP contribution is -2.27. The number of ether oxygens (including phenoxy) is 1. The minimum absolute atomic E-state index is 0.686. The SMILES string of the molecule is CCN(CC)CCOc1ccnc2cc(N)ccc12. The molecular weight excluding hydrogens is 238 g/mol. The van der Waals surface area contributed by atoms with Gasteiger partial charge in [-0.1, -0.05) is 13.8 Å². The summed E-state index contributed by atoms with van der Waals surface area (Å²) in [5, 5.41) is 1.01. The van der Waals surface area contributed by atoms with Gasteiger partial charge in [-0.2, -0.15) is 0 Å². The molecule has 19 heavy (non-hydrogen) atoms. The number of nitrogens with zero attached hydrogens (tertiary/aromatic N) is 2. The number of rotatable bonds is 6. The highest BCUT2D eigenvalue weighted by atomic mass is 16.5. The zero-order valence-electron chi connectivity index (χ0n) is 11.6. The first-order valence-corrected chi connectivity index (χ1v) is 6.74. The molecule has 0 unspecified atom stereocenters. The van der Waals surface area contributed by atoms with E-state index in [0.29, 0.717) is 6.61 Å². The molecule has 0 amide bonds. The molecule has 0 aliphatic carbocycles. The van der Waals surface area contributed by atoms with Crippen LogP contribution < -0.4 is 10.5 Å². The Morgan fingerprint density at radius 3 is 2.74 bits per heavy atom. The first-order valence-electron chi connectivity index (χ1n) is 6.74. The maximum Gasteiger partial charge on any atom is 0.130 e. The van der Waals surface area contributed by atoms with Crippen LogP contribution in [0.2, 0.25) is 0 Å². The predicted octanol–water partition coefficient (Wildman–Crippen LogP) is 2.54. The summed E-state index contributed by atoms with van der Waals surface area (Å²) < 4.78 is 5.87. The third-order valence-corrected chi connectivity index (χ3v) is 3.29. The molecule has 0 atom stereocenters. The second-order valence-corrected chi connectivity index (χ2v) is 4.46. The summed E-state index contributed by atoms with van der Waals surface area (Å²) in [7, 11) is 0. The van der Waals surface area contributed by atoms with E-state index >= 15 is 0 Å². The van der Waals surface area contributed by atoms with Crippen molar-refractivity contribution in [3.8, 4) is 5.75 Å². The third-order valence-electron chi connectivity index (χ3n) is 3.29. The van der Waals surface area contributed by atoms with Gasteiger partial charge in [-0.3, -0.25) is 4.98 Å². The highest BCUT2D eigenvalue weighted by molar-refractivity contribution is 5.87. The van der Waals surface area contributed by atoms with E-state index in [2.05, 4.69) is 23.7 Å². The van der Waals surface area contributed by atoms with E-state index in [1.165, 1.54) is 0 Å². The van der Waals surface area contributed by atoms with Crippen molar-refractivity contribution in [2.24, 2.45) is 0 Å². The number of nitrogen functional groups attached to an aromatic ring is 1. The topological polar surface area (TPSA) is 51.4 Å². The van der Waals surface area contributed by atoms with E-state index in [1.54, 1.807) is 6.20 Å². The van der Waals surface area contributed by atoms with Crippen molar-refractivity contribution in [1.82, 2.24) is 9.88 Å². The summed E-state index contributed by atoms with van der Waals surface area (Å²) in [5.74, 6) is 0.872. The molecule has 2 rings (SSSR count). The minimum atomic E-state index is 0.686. The van der Waals surface area contributed by atoms with Gasteiger partial charge in [0.25, 0.3) is 0 Å². The molecule has 0 bridgehead atoms. The monoisotopic (exact) mass is 259 g/mol. The van der Waals surface area contributed by atoms with Crippen LogP contribution >= 0.6 is 0 Å². The number of anilines is 1. The average molecular weight is 259 g/mol. The number of likely N-dealkylation sites (N-methyl/N-ethyl adjacent to an activating group) is 1. The number of hydrogen-bond donors (Lipinski definition) is 1. The van der Waals surface area contributed by atoms with Gasteiger partial charge in [0.1, 0.15) is 12.4 Å². The number of aromatic nitrogens is 1. The Morgan fingerprint density at radius 2 is 2.00 bits per heavy atom. The van der Waals surface area contributed by atoms with E-state index in [-0.39, 0.29) is 0 Å². The molecule has 0 aliphatic rings. The van der Waals surface area contributed by atoms with Crippen molar-refractivity contribution in [1.29, 1.82) is 0 Å². The van der Waals surface area contributed by atoms with E-state index < -0.39 is 0 Å². The molecular formula is C15H21N3O. The summed E-state index contributed by atoms with van der Waals surface area (Å²) in [6, 6.07) is 7.61. The molecule has 0 saturated heterocycles. The summed E-state index contributed by atoms with van der Waals surface area (Å²) in [6.45, 7) is 8.04. The van der Waals surface area contributed by atoms with Gasteiger partial charge in [-0.25, -0.2) is 0 Å². The average Bonchev–Trinajstić information content (AvgIpc) is 2.43. The molecule has 0 radical (unpaired) electrons. The third kappa shape index (κ3) is 3.35. The van der Waals surface area contributed by atoms with Crippen molar-refractivity contribution in [2.75, 3.05) is 32.0 Å². The predicted molar refractivity (Wildman–Crippen MR) is 79.4 cm³/mol. The van der Waals surface area contributed by atoms with Crippen LogP contribution in [0, 0.1) is 0 Å². The fourth-order valence-corrected chi connectivity index (χ4v) is 2.09. The van der Waals surface area contributed by atoms with E-state index in [0.717, 1.165) is 42.0 Å². The van der Waals surface area contributed by atoms with Gasteiger partial charge >= 0.3 is 0 Å². The van der Waals surface area contributed by atoms with Crippen LogP contribution in [0.3, 0.4) is 0 Å². The van der Waals surface area contributed by atoms with Crippen LogP contribution in [0.1, 0.15) is 13.8 Å². The Bertz CT molecular complexity index is 538.